The van der Waals surface area contributed by atoms with Crippen molar-refractivity contribution >= 4 is 23.2 Å². The maximum absolute atomic E-state index is 13.7. The largest absolute Gasteiger partial charge is 0.493 e. The van der Waals surface area contributed by atoms with E-state index < -0.39 is 5.54 Å². The zero-order chi connectivity index (χ0) is 25.6. The molecule has 0 aliphatic carbocycles. The number of anilines is 2. The topological polar surface area (TPSA) is 92.2 Å². The highest BCUT2D eigenvalue weighted by Gasteiger charge is 2.35. The van der Waals surface area contributed by atoms with Gasteiger partial charge in [-0.05, 0) is 52.2 Å². The van der Waals surface area contributed by atoms with Crippen molar-refractivity contribution in [2.45, 2.75) is 51.6 Å². The number of aryl methyl sites for hydroxylation is 1. The first-order chi connectivity index (χ1) is 17.1. The van der Waals surface area contributed by atoms with Crippen LogP contribution in [0.25, 0.3) is 5.65 Å². The summed E-state index contributed by atoms with van der Waals surface area (Å²) in [6.07, 6.45) is 2.78. The third kappa shape index (κ3) is 4.36. The summed E-state index contributed by atoms with van der Waals surface area (Å²) in [5.74, 6) is 2.42. The molecule has 3 aromatic rings. The lowest BCUT2D eigenvalue weighted by Gasteiger charge is -2.34. The van der Waals surface area contributed by atoms with E-state index in [1.165, 1.54) is 0 Å². The van der Waals surface area contributed by atoms with Crippen molar-refractivity contribution in [3.63, 3.8) is 0 Å². The van der Waals surface area contributed by atoms with Gasteiger partial charge in [0.2, 0.25) is 0 Å². The van der Waals surface area contributed by atoms with Gasteiger partial charge in [-0.3, -0.25) is 4.79 Å². The molecule has 2 aliphatic heterocycles. The molecule has 9 nitrogen and oxygen atoms in total. The first-order valence-corrected chi connectivity index (χ1v) is 12.8. The Hall–Kier alpha value is -3.33. The first-order valence-electron chi connectivity index (χ1n) is 12.8. The minimum atomic E-state index is -0.683. The summed E-state index contributed by atoms with van der Waals surface area (Å²) in [5.41, 5.74) is 8.65. The minimum absolute atomic E-state index is 0.0947. The number of amides is 1. The molecule has 1 unspecified atom stereocenters. The van der Waals surface area contributed by atoms with E-state index in [1.807, 2.05) is 56.6 Å². The van der Waals surface area contributed by atoms with Crippen LogP contribution in [0.4, 0.5) is 11.6 Å². The molecule has 1 fully saturated rings. The van der Waals surface area contributed by atoms with Gasteiger partial charge in [-0.2, -0.15) is 9.61 Å². The van der Waals surface area contributed by atoms with Crippen LogP contribution in [0.15, 0.2) is 30.3 Å². The Morgan fingerprint density at radius 3 is 2.67 bits per heavy atom. The van der Waals surface area contributed by atoms with Crippen LogP contribution in [0.1, 0.15) is 54.7 Å². The molecular weight excluding hydrogens is 454 g/mol. The van der Waals surface area contributed by atoms with E-state index in [0.717, 1.165) is 67.4 Å². The first kappa shape index (κ1) is 24.4. The number of rotatable bonds is 1. The number of ether oxygens (including phenoxy) is 1. The van der Waals surface area contributed by atoms with Crippen LogP contribution in [-0.4, -0.2) is 71.8 Å². The van der Waals surface area contributed by atoms with Gasteiger partial charge in [0.05, 0.1) is 23.4 Å². The number of hydrogen-bond acceptors (Lipinski definition) is 7. The number of benzene rings is 1. The number of hydrogen-bond donors (Lipinski definition) is 1. The average Bonchev–Trinajstić information content (AvgIpc) is 3.49. The summed E-state index contributed by atoms with van der Waals surface area (Å²) in [7, 11) is 3.92. The molecule has 4 heterocycles. The number of nitrogens with two attached hydrogens (primary N) is 1. The molecule has 1 aromatic carbocycles. The molecule has 0 saturated carbocycles. The Morgan fingerprint density at radius 1 is 1.11 bits per heavy atom. The highest BCUT2D eigenvalue weighted by Crippen LogP contribution is 2.33. The van der Waals surface area contributed by atoms with Gasteiger partial charge in [-0.1, -0.05) is 11.6 Å². The molecular formula is C27H37N7O2. The zero-order valence-corrected chi connectivity index (χ0v) is 22.0. The maximum atomic E-state index is 13.7. The molecule has 2 aliphatic rings. The minimum Gasteiger partial charge on any atom is -0.493 e. The molecule has 1 saturated heterocycles. The fourth-order valence-corrected chi connectivity index (χ4v) is 4.96. The lowest BCUT2D eigenvalue weighted by molar-refractivity contribution is 0.0610. The van der Waals surface area contributed by atoms with E-state index in [9.17, 15) is 4.79 Å². The third-order valence-electron chi connectivity index (χ3n) is 7.62. The maximum Gasteiger partial charge on any atom is 0.258 e. The summed E-state index contributed by atoms with van der Waals surface area (Å²) in [6.45, 7) is 9.12. The molecule has 5 rings (SSSR count). The fraction of sp³-hybridized carbons (Fsp3) is 0.519. The van der Waals surface area contributed by atoms with Gasteiger partial charge in [-0.15, -0.1) is 0 Å². The van der Waals surface area contributed by atoms with E-state index >= 15 is 0 Å². The summed E-state index contributed by atoms with van der Waals surface area (Å²) in [5, 5.41) is 4.99. The van der Waals surface area contributed by atoms with Gasteiger partial charge in [0.1, 0.15) is 17.4 Å². The Kier molecular flexibility index (Phi) is 6.28. The summed E-state index contributed by atoms with van der Waals surface area (Å²) in [4.78, 5) is 24.9. The highest BCUT2D eigenvalue weighted by molar-refractivity contribution is 5.97. The lowest BCUT2D eigenvalue weighted by Crippen LogP contribution is -2.43. The van der Waals surface area contributed by atoms with Crippen molar-refractivity contribution in [3.05, 3.63) is 47.2 Å². The number of carbonyl (C=O) groups excluding carboxylic acids is 1. The monoisotopic (exact) mass is 491 g/mol. The molecule has 0 radical (unpaired) electrons. The van der Waals surface area contributed by atoms with Crippen LogP contribution >= 0.6 is 0 Å². The van der Waals surface area contributed by atoms with E-state index in [2.05, 4.69) is 22.9 Å². The second-order valence-electron chi connectivity index (χ2n) is 10.7. The van der Waals surface area contributed by atoms with Crippen molar-refractivity contribution < 1.29 is 9.53 Å². The van der Waals surface area contributed by atoms with Crippen molar-refractivity contribution in [2.24, 2.45) is 5.73 Å². The fourth-order valence-electron chi connectivity index (χ4n) is 4.96. The van der Waals surface area contributed by atoms with Crippen LogP contribution < -0.4 is 20.3 Å². The Bertz CT molecular complexity index is 1280. The van der Waals surface area contributed by atoms with Gasteiger partial charge in [0, 0.05) is 51.9 Å². The van der Waals surface area contributed by atoms with Crippen molar-refractivity contribution in [3.8, 4) is 5.75 Å². The molecule has 192 valence electrons. The summed E-state index contributed by atoms with van der Waals surface area (Å²) < 4.78 is 8.01. The summed E-state index contributed by atoms with van der Waals surface area (Å²) >= 11 is 0. The predicted octanol–water partition coefficient (Wildman–Crippen LogP) is 3.19. The normalized spacial score (nSPS) is 20.9. The van der Waals surface area contributed by atoms with Crippen LogP contribution in [-0.2, 0) is 5.54 Å². The smallest absolute Gasteiger partial charge is 0.258 e. The lowest BCUT2D eigenvalue weighted by atomic mass is 9.97. The quantitative estimate of drug-likeness (QED) is 0.559. The second kappa shape index (κ2) is 9.28. The predicted molar refractivity (Wildman–Crippen MR) is 142 cm³/mol. The second-order valence-corrected chi connectivity index (χ2v) is 10.7. The van der Waals surface area contributed by atoms with E-state index in [0.29, 0.717) is 17.9 Å². The summed E-state index contributed by atoms with van der Waals surface area (Å²) in [6, 6.07) is 10.1. The van der Waals surface area contributed by atoms with Crippen LogP contribution in [0.5, 0.6) is 5.75 Å². The van der Waals surface area contributed by atoms with E-state index in [1.54, 1.807) is 4.90 Å². The standard InChI is InChI=1S/C27H37N7O2/c1-18-8-9-21-20(14-18)26(35)32(5)27(2,3)22-15-24-29-23(33-12-10-19(28)17-33)16-25(34(24)30-22)31(4)11-6-7-13-36-21/h8-9,14-16,19H,6-7,10-13,17,28H2,1-5H3. The number of nitrogens with zero attached hydrogens (tertiary/aromatic N) is 6. The van der Waals surface area contributed by atoms with Crippen LogP contribution in [0, 0.1) is 6.92 Å². The number of aromatic nitrogens is 3. The zero-order valence-electron chi connectivity index (χ0n) is 22.0. The van der Waals surface area contributed by atoms with Gasteiger partial charge in [0.25, 0.3) is 5.91 Å². The van der Waals surface area contributed by atoms with Gasteiger partial charge in [0.15, 0.2) is 5.65 Å². The number of carbonyl (C=O) groups is 1. The van der Waals surface area contributed by atoms with E-state index in [-0.39, 0.29) is 11.9 Å². The molecule has 2 bridgehead atoms. The van der Waals surface area contributed by atoms with Crippen molar-refractivity contribution in [2.75, 3.05) is 50.1 Å². The Morgan fingerprint density at radius 2 is 1.92 bits per heavy atom. The molecule has 1 amide bonds. The SMILES string of the molecule is Cc1ccc2c(c1)C(=O)N(C)C(C)(C)c1cc3nc(N4CCC(N)C4)cc(n3n1)N(C)CCCCO2. The molecule has 1 atom stereocenters. The molecule has 2 aromatic heterocycles. The average molecular weight is 492 g/mol. The highest BCUT2D eigenvalue weighted by atomic mass is 16.5. The van der Waals surface area contributed by atoms with Crippen LogP contribution in [0.2, 0.25) is 0 Å². The van der Waals surface area contributed by atoms with Gasteiger partial charge >= 0.3 is 0 Å². The molecule has 2 N–H and O–H groups in total. The Balaban J connectivity index is 1.62. The van der Waals surface area contributed by atoms with Gasteiger partial charge < -0.3 is 25.2 Å². The van der Waals surface area contributed by atoms with Crippen LogP contribution in [0.3, 0.4) is 0 Å². The molecule has 0 spiro atoms. The molecule has 36 heavy (non-hydrogen) atoms. The molecule has 9 heteroatoms. The van der Waals surface area contributed by atoms with E-state index in [4.69, 9.17) is 20.6 Å². The van der Waals surface area contributed by atoms with Gasteiger partial charge in [-0.25, -0.2) is 4.98 Å². The number of fused-ring (bicyclic) bond motifs is 2. The van der Waals surface area contributed by atoms with Crippen molar-refractivity contribution in [1.82, 2.24) is 19.5 Å². The Labute approximate surface area is 212 Å². The third-order valence-corrected chi connectivity index (χ3v) is 7.62. The van der Waals surface area contributed by atoms with Crippen molar-refractivity contribution in [1.29, 1.82) is 0 Å².